The summed E-state index contributed by atoms with van der Waals surface area (Å²) in [5.74, 6) is 2.50. The van der Waals surface area contributed by atoms with Crippen molar-refractivity contribution in [2.24, 2.45) is 34.5 Å². The molecule has 0 N–H and O–H groups in total. The van der Waals surface area contributed by atoms with Crippen molar-refractivity contribution < 1.29 is 19.1 Å². The zero-order valence-corrected chi connectivity index (χ0v) is 19.8. The van der Waals surface area contributed by atoms with Gasteiger partial charge in [0, 0.05) is 12.3 Å². The molecule has 0 saturated heterocycles. The van der Waals surface area contributed by atoms with Gasteiger partial charge in [0.1, 0.15) is 12.2 Å². The fraction of sp³-hybridized carbons (Fsp3) is 0.714. The smallest absolute Gasteiger partial charge is 0.338 e. The van der Waals surface area contributed by atoms with Crippen molar-refractivity contribution in [2.75, 3.05) is 0 Å². The monoisotopic (exact) mass is 438 g/mol. The molecular formula is C28H38O4. The number of hydrogen-bond acceptors (Lipinski definition) is 4. The zero-order chi connectivity index (χ0) is 22.5. The third-order valence-electron chi connectivity index (χ3n) is 10.1. The van der Waals surface area contributed by atoms with Gasteiger partial charge in [-0.25, -0.2) is 4.79 Å². The summed E-state index contributed by atoms with van der Waals surface area (Å²) < 4.78 is 11.8. The summed E-state index contributed by atoms with van der Waals surface area (Å²) in [6, 6.07) is 9.43. The van der Waals surface area contributed by atoms with Crippen LogP contribution in [0.2, 0.25) is 0 Å². The Balaban J connectivity index is 1.30. The summed E-state index contributed by atoms with van der Waals surface area (Å²) in [5.41, 5.74) is 1.12. The predicted octanol–water partition coefficient (Wildman–Crippen LogP) is 6.19. The second-order valence-corrected chi connectivity index (χ2v) is 11.5. The largest absolute Gasteiger partial charge is 0.463 e. The van der Waals surface area contributed by atoms with Crippen molar-refractivity contribution in [2.45, 2.75) is 90.8 Å². The van der Waals surface area contributed by atoms with Gasteiger partial charge in [-0.05, 0) is 99.0 Å². The fourth-order valence-corrected chi connectivity index (χ4v) is 8.48. The summed E-state index contributed by atoms with van der Waals surface area (Å²) >= 11 is 0. The Morgan fingerprint density at radius 2 is 1.56 bits per heavy atom. The predicted molar refractivity (Wildman–Crippen MR) is 123 cm³/mol. The van der Waals surface area contributed by atoms with E-state index in [1.165, 1.54) is 39.0 Å². The van der Waals surface area contributed by atoms with Gasteiger partial charge in [0.15, 0.2) is 0 Å². The van der Waals surface area contributed by atoms with Gasteiger partial charge in [0.05, 0.1) is 5.56 Å². The third kappa shape index (κ3) is 3.58. The van der Waals surface area contributed by atoms with Gasteiger partial charge in [0.25, 0.3) is 0 Å². The molecule has 0 unspecified atom stereocenters. The first kappa shape index (κ1) is 22.0. The van der Waals surface area contributed by atoms with E-state index < -0.39 is 0 Å². The van der Waals surface area contributed by atoms with Crippen molar-refractivity contribution in [3.63, 3.8) is 0 Å². The van der Waals surface area contributed by atoms with Crippen LogP contribution in [0, 0.1) is 34.5 Å². The fourth-order valence-electron chi connectivity index (χ4n) is 8.48. The molecule has 174 valence electrons. The quantitative estimate of drug-likeness (QED) is 0.528. The van der Waals surface area contributed by atoms with Crippen LogP contribution in [0.1, 0.15) is 88.9 Å². The number of fused-ring (bicyclic) bond motifs is 5. The standard InChI is InChI=1S/C28H38O4/c1-18(29)31-21-13-15-27(2)20(17-21)9-10-22-23-11-12-25(28(23,3)16-14-24(22)27)32-26(30)19-7-5-4-6-8-19/h4-8,20-25H,9-17H2,1-3H3/t20-,21-,22-,23-,24-,25-,27-,28-/m0/s1. The molecule has 0 bridgehead atoms. The summed E-state index contributed by atoms with van der Waals surface area (Å²) in [5, 5.41) is 0. The highest BCUT2D eigenvalue weighted by molar-refractivity contribution is 5.89. The Morgan fingerprint density at radius 3 is 2.31 bits per heavy atom. The highest BCUT2D eigenvalue weighted by Gasteiger charge is 2.61. The van der Waals surface area contributed by atoms with Gasteiger partial charge in [-0.3, -0.25) is 4.79 Å². The van der Waals surface area contributed by atoms with Crippen LogP contribution in [0.3, 0.4) is 0 Å². The third-order valence-corrected chi connectivity index (χ3v) is 10.1. The Bertz CT molecular complexity index is 865. The second kappa shape index (κ2) is 8.18. The highest BCUT2D eigenvalue weighted by Crippen LogP contribution is 2.66. The molecule has 0 spiro atoms. The van der Waals surface area contributed by atoms with E-state index in [1.807, 2.05) is 30.3 Å². The molecule has 4 aliphatic carbocycles. The van der Waals surface area contributed by atoms with Crippen LogP contribution in [0.15, 0.2) is 30.3 Å². The molecule has 8 atom stereocenters. The molecule has 32 heavy (non-hydrogen) atoms. The normalized spacial score (nSPS) is 42.8. The van der Waals surface area contributed by atoms with Crippen molar-refractivity contribution in [3.8, 4) is 0 Å². The molecule has 1 aromatic carbocycles. The zero-order valence-electron chi connectivity index (χ0n) is 19.8. The van der Waals surface area contributed by atoms with Crippen LogP contribution >= 0.6 is 0 Å². The molecule has 4 aliphatic rings. The van der Waals surface area contributed by atoms with E-state index in [0.717, 1.165) is 37.5 Å². The lowest BCUT2D eigenvalue weighted by Gasteiger charge is -2.60. The van der Waals surface area contributed by atoms with Gasteiger partial charge >= 0.3 is 11.9 Å². The average molecular weight is 439 g/mol. The summed E-state index contributed by atoms with van der Waals surface area (Å²) in [6.45, 7) is 6.46. The molecule has 4 nitrogen and oxygen atoms in total. The number of benzene rings is 1. The molecule has 0 aromatic heterocycles. The molecule has 4 fully saturated rings. The van der Waals surface area contributed by atoms with Crippen LogP contribution in [0.25, 0.3) is 0 Å². The van der Waals surface area contributed by atoms with E-state index in [1.54, 1.807) is 0 Å². The molecule has 0 amide bonds. The van der Waals surface area contributed by atoms with Crippen LogP contribution in [0.4, 0.5) is 0 Å². The number of ether oxygens (including phenoxy) is 2. The van der Waals surface area contributed by atoms with Crippen LogP contribution in [-0.4, -0.2) is 24.1 Å². The SMILES string of the molecule is CC(=O)O[C@H]1CC[C@@]2(C)[C@@H](CC[C@@H]3[C@@H]2CC[C@]2(C)[C@@H](OC(=O)c4ccccc4)CC[C@@H]32)C1. The van der Waals surface area contributed by atoms with E-state index in [9.17, 15) is 9.59 Å². The van der Waals surface area contributed by atoms with E-state index in [-0.39, 0.29) is 29.6 Å². The maximum atomic E-state index is 12.8. The molecule has 5 rings (SSSR count). The minimum atomic E-state index is -0.168. The molecular weight excluding hydrogens is 400 g/mol. The minimum Gasteiger partial charge on any atom is -0.463 e. The number of carbonyl (C=O) groups excluding carboxylic acids is 2. The maximum absolute atomic E-state index is 12.8. The number of rotatable bonds is 3. The molecule has 0 radical (unpaired) electrons. The summed E-state index contributed by atoms with van der Waals surface area (Å²) in [6.07, 6.45) is 10.5. The molecule has 4 saturated carbocycles. The van der Waals surface area contributed by atoms with E-state index in [0.29, 0.717) is 22.8 Å². The molecule has 0 aliphatic heterocycles. The topological polar surface area (TPSA) is 52.6 Å². The Labute approximate surface area is 192 Å². The van der Waals surface area contributed by atoms with Crippen molar-refractivity contribution in [3.05, 3.63) is 35.9 Å². The van der Waals surface area contributed by atoms with E-state index in [2.05, 4.69) is 13.8 Å². The van der Waals surface area contributed by atoms with Gasteiger partial charge in [-0.15, -0.1) is 0 Å². The number of hydrogen-bond donors (Lipinski definition) is 0. The minimum absolute atomic E-state index is 0.0337. The van der Waals surface area contributed by atoms with Crippen LogP contribution in [-0.2, 0) is 14.3 Å². The second-order valence-electron chi connectivity index (χ2n) is 11.5. The van der Waals surface area contributed by atoms with Gasteiger partial charge < -0.3 is 9.47 Å². The first-order valence-corrected chi connectivity index (χ1v) is 12.7. The lowest BCUT2D eigenvalue weighted by Crippen LogP contribution is -2.54. The highest BCUT2D eigenvalue weighted by atomic mass is 16.5. The first-order chi connectivity index (χ1) is 15.3. The molecule has 4 heteroatoms. The van der Waals surface area contributed by atoms with Crippen molar-refractivity contribution >= 4 is 11.9 Å². The Kier molecular flexibility index (Phi) is 5.62. The summed E-state index contributed by atoms with van der Waals surface area (Å²) in [7, 11) is 0. The van der Waals surface area contributed by atoms with Crippen molar-refractivity contribution in [1.29, 1.82) is 0 Å². The van der Waals surface area contributed by atoms with Gasteiger partial charge in [-0.1, -0.05) is 32.0 Å². The molecule has 1 aromatic rings. The molecule has 0 heterocycles. The average Bonchev–Trinajstić information content (AvgIpc) is 3.10. The van der Waals surface area contributed by atoms with E-state index >= 15 is 0 Å². The lowest BCUT2D eigenvalue weighted by atomic mass is 9.45. The van der Waals surface area contributed by atoms with Gasteiger partial charge in [-0.2, -0.15) is 0 Å². The Hall–Kier alpha value is -1.84. The lowest BCUT2D eigenvalue weighted by molar-refractivity contribution is -0.161. The van der Waals surface area contributed by atoms with Gasteiger partial charge in [0.2, 0.25) is 0 Å². The summed E-state index contributed by atoms with van der Waals surface area (Å²) in [4.78, 5) is 24.3. The number of carbonyl (C=O) groups is 2. The van der Waals surface area contributed by atoms with Crippen molar-refractivity contribution in [1.82, 2.24) is 0 Å². The van der Waals surface area contributed by atoms with E-state index in [4.69, 9.17) is 9.47 Å². The first-order valence-electron chi connectivity index (χ1n) is 12.7. The maximum Gasteiger partial charge on any atom is 0.338 e. The van der Waals surface area contributed by atoms with Crippen LogP contribution < -0.4 is 0 Å². The Morgan fingerprint density at radius 1 is 0.844 bits per heavy atom. The number of esters is 2. The van der Waals surface area contributed by atoms with Crippen LogP contribution in [0.5, 0.6) is 0 Å².